The number of aliphatic imine (C=N–C) groups is 1. The minimum absolute atomic E-state index is 0. The smallest absolute Gasteiger partial charge is 0.191 e. The highest BCUT2D eigenvalue weighted by atomic mass is 127. The zero-order valence-electron chi connectivity index (χ0n) is 19.4. The first-order valence-electron chi connectivity index (χ1n) is 11.0. The molecule has 7 nitrogen and oxygen atoms in total. The molecule has 2 aromatic rings. The number of guanidine groups is 1. The van der Waals surface area contributed by atoms with Gasteiger partial charge in [-0.25, -0.2) is 15.0 Å². The molecule has 3 heterocycles. The third-order valence-corrected chi connectivity index (χ3v) is 5.48. The van der Waals surface area contributed by atoms with E-state index in [9.17, 15) is 0 Å². The van der Waals surface area contributed by atoms with Crippen molar-refractivity contribution in [2.24, 2.45) is 16.3 Å². The number of hydrogen-bond donors (Lipinski definition) is 2. The highest BCUT2D eigenvalue weighted by Gasteiger charge is 2.35. The van der Waals surface area contributed by atoms with Crippen LogP contribution in [0.15, 0.2) is 35.7 Å². The van der Waals surface area contributed by atoms with Crippen LogP contribution in [-0.4, -0.2) is 46.3 Å². The molecule has 0 saturated carbocycles. The summed E-state index contributed by atoms with van der Waals surface area (Å²) in [7, 11) is 0. The van der Waals surface area contributed by atoms with Crippen LogP contribution in [0, 0.1) is 18.3 Å². The molecule has 2 unspecified atom stereocenters. The summed E-state index contributed by atoms with van der Waals surface area (Å²) in [5.74, 6) is 3.12. The number of aryl methyl sites for hydroxylation is 1. The Labute approximate surface area is 203 Å². The Morgan fingerprint density at radius 3 is 2.68 bits per heavy atom. The van der Waals surface area contributed by atoms with Crippen molar-refractivity contribution >= 4 is 29.9 Å². The largest absolute Gasteiger partial charge is 0.377 e. The fraction of sp³-hybridized carbons (Fsp3) is 0.609. The van der Waals surface area contributed by atoms with Gasteiger partial charge in [0, 0.05) is 44.2 Å². The predicted octanol–water partition coefficient (Wildman–Crippen LogP) is 4.09. The number of aromatic nitrogens is 3. The summed E-state index contributed by atoms with van der Waals surface area (Å²) in [5, 5.41) is 6.88. The van der Waals surface area contributed by atoms with Crippen LogP contribution < -0.4 is 10.6 Å². The molecule has 1 aliphatic heterocycles. The van der Waals surface area contributed by atoms with Gasteiger partial charge in [0.1, 0.15) is 11.6 Å². The Hall–Kier alpha value is -1.68. The van der Waals surface area contributed by atoms with Gasteiger partial charge in [-0.1, -0.05) is 26.8 Å². The summed E-state index contributed by atoms with van der Waals surface area (Å²) >= 11 is 0. The second kappa shape index (κ2) is 11.8. The maximum absolute atomic E-state index is 6.11. The molecule has 8 heteroatoms. The SMILES string of the molecule is CCNC(=NCc1ccc(-n2ccnc2C)nc1)NCC1CCCOC1C(C)(C)C.I. The van der Waals surface area contributed by atoms with Crippen LogP contribution in [0.2, 0.25) is 0 Å². The number of nitrogens with zero attached hydrogens (tertiary/aromatic N) is 4. The minimum atomic E-state index is 0. The van der Waals surface area contributed by atoms with Crippen LogP contribution in [-0.2, 0) is 11.3 Å². The molecule has 31 heavy (non-hydrogen) atoms. The molecule has 172 valence electrons. The maximum Gasteiger partial charge on any atom is 0.191 e. The van der Waals surface area contributed by atoms with E-state index in [1.165, 1.54) is 6.42 Å². The lowest BCUT2D eigenvalue weighted by Crippen LogP contribution is -2.47. The summed E-state index contributed by atoms with van der Waals surface area (Å²) in [4.78, 5) is 13.6. The molecule has 3 rings (SSSR count). The predicted molar refractivity (Wildman–Crippen MR) is 136 cm³/mol. The summed E-state index contributed by atoms with van der Waals surface area (Å²) in [6.45, 7) is 14.0. The van der Waals surface area contributed by atoms with E-state index in [-0.39, 0.29) is 35.5 Å². The van der Waals surface area contributed by atoms with Crippen LogP contribution in [0.5, 0.6) is 0 Å². The van der Waals surface area contributed by atoms with E-state index < -0.39 is 0 Å². The molecule has 0 amide bonds. The Morgan fingerprint density at radius 1 is 1.26 bits per heavy atom. The number of nitrogens with one attached hydrogen (secondary N) is 2. The van der Waals surface area contributed by atoms with Gasteiger partial charge < -0.3 is 15.4 Å². The summed E-state index contributed by atoms with van der Waals surface area (Å²) in [6, 6.07) is 4.08. The highest BCUT2D eigenvalue weighted by Crippen LogP contribution is 2.33. The topological polar surface area (TPSA) is 76.4 Å². The second-order valence-corrected chi connectivity index (χ2v) is 9.00. The standard InChI is InChI=1S/C23H36N6O.HI/c1-6-24-22(28-16-19-8-7-13-30-21(19)23(3,4)5)27-15-18-9-10-20(26-14-18)29-12-11-25-17(29)2;/h9-12,14,19,21H,6-8,13,15-16H2,1-5H3,(H2,24,27,28);1H. The van der Waals surface area contributed by atoms with Gasteiger partial charge in [-0.15, -0.1) is 24.0 Å². The lowest BCUT2D eigenvalue weighted by Gasteiger charge is -2.40. The van der Waals surface area contributed by atoms with Crippen molar-refractivity contribution in [3.05, 3.63) is 42.1 Å². The molecule has 1 fully saturated rings. The highest BCUT2D eigenvalue weighted by molar-refractivity contribution is 14.0. The van der Waals surface area contributed by atoms with Crippen LogP contribution >= 0.6 is 24.0 Å². The van der Waals surface area contributed by atoms with Gasteiger partial charge in [0.05, 0.1) is 12.6 Å². The van der Waals surface area contributed by atoms with E-state index in [2.05, 4.69) is 54.4 Å². The zero-order valence-corrected chi connectivity index (χ0v) is 21.7. The van der Waals surface area contributed by atoms with Gasteiger partial charge in [0.25, 0.3) is 0 Å². The first kappa shape index (κ1) is 25.6. The van der Waals surface area contributed by atoms with Crippen molar-refractivity contribution < 1.29 is 4.74 Å². The Morgan fingerprint density at radius 2 is 2.06 bits per heavy atom. The third-order valence-electron chi connectivity index (χ3n) is 5.48. The van der Waals surface area contributed by atoms with Crippen LogP contribution in [0.1, 0.15) is 51.9 Å². The molecule has 1 aliphatic rings. The zero-order chi connectivity index (χ0) is 21.6. The maximum atomic E-state index is 6.11. The third kappa shape index (κ3) is 7.17. The molecular weight excluding hydrogens is 503 g/mol. The number of ether oxygens (including phenoxy) is 1. The van der Waals surface area contributed by atoms with Gasteiger partial charge in [-0.3, -0.25) is 4.57 Å². The molecule has 0 bridgehead atoms. The first-order chi connectivity index (χ1) is 14.4. The van der Waals surface area contributed by atoms with Crippen molar-refractivity contribution in [1.29, 1.82) is 0 Å². The molecule has 0 spiro atoms. The lowest BCUT2D eigenvalue weighted by molar-refractivity contribution is -0.0835. The number of imidazole rings is 1. The summed E-state index contributed by atoms with van der Waals surface area (Å²) < 4.78 is 8.08. The average molecular weight is 540 g/mol. The first-order valence-corrected chi connectivity index (χ1v) is 11.0. The van der Waals surface area contributed by atoms with E-state index in [0.29, 0.717) is 12.5 Å². The van der Waals surface area contributed by atoms with Crippen molar-refractivity contribution in [3.8, 4) is 5.82 Å². The normalized spacial score (nSPS) is 19.6. The lowest BCUT2D eigenvalue weighted by atomic mass is 9.78. The van der Waals surface area contributed by atoms with Gasteiger partial charge in [-0.05, 0) is 43.7 Å². The van der Waals surface area contributed by atoms with Crippen molar-refractivity contribution in [2.75, 3.05) is 19.7 Å². The Balaban J connectivity index is 0.00000341. The molecule has 1 saturated heterocycles. The Bertz CT molecular complexity index is 827. The number of pyridine rings is 1. The van der Waals surface area contributed by atoms with E-state index in [4.69, 9.17) is 9.73 Å². The molecule has 0 radical (unpaired) electrons. The summed E-state index contributed by atoms with van der Waals surface area (Å²) in [5.41, 5.74) is 1.21. The number of rotatable bonds is 6. The van der Waals surface area contributed by atoms with Crippen LogP contribution in [0.4, 0.5) is 0 Å². The fourth-order valence-corrected chi connectivity index (χ4v) is 4.02. The van der Waals surface area contributed by atoms with E-state index in [0.717, 1.165) is 49.3 Å². The second-order valence-electron chi connectivity index (χ2n) is 9.00. The van der Waals surface area contributed by atoms with Crippen LogP contribution in [0.3, 0.4) is 0 Å². The molecule has 2 aromatic heterocycles. The minimum Gasteiger partial charge on any atom is -0.377 e. The van der Waals surface area contributed by atoms with Gasteiger partial charge in [0.2, 0.25) is 0 Å². The van der Waals surface area contributed by atoms with Gasteiger partial charge in [0.15, 0.2) is 5.96 Å². The fourth-order valence-electron chi connectivity index (χ4n) is 4.02. The molecular formula is C23H37IN6O. The molecule has 2 N–H and O–H groups in total. The van der Waals surface area contributed by atoms with Crippen molar-refractivity contribution in [1.82, 2.24) is 25.2 Å². The van der Waals surface area contributed by atoms with Crippen molar-refractivity contribution in [2.45, 2.75) is 60.1 Å². The summed E-state index contributed by atoms with van der Waals surface area (Å²) in [6.07, 6.45) is 8.17. The van der Waals surface area contributed by atoms with E-state index in [1.54, 1.807) is 6.20 Å². The number of hydrogen-bond acceptors (Lipinski definition) is 4. The Kier molecular flexibility index (Phi) is 9.74. The quantitative estimate of drug-likeness (QED) is 0.328. The average Bonchev–Trinajstić information content (AvgIpc) is 3.16. The van der Waals surface area contributed by atoms with E-state index in [1.807, 2.05) is 30.0 Å². The number of halogens is 1. The van der Waals surface area contributed by atoms with Crippen LogP contribution in [0.25, 0.3) is 5.82 Å². The van der Waals surface area contributed by atoms with E-state index >= 15 is 0 Å². The van der Waals surface area contributed by atoms with Gasteiger partial charge >= 0.3 is 0 Å². The molecule has 0 aliphatic carbocycles. The molecule has 2 atom stereocenters. The van der Waals surface area contributed by atoms with Crippen molar-refractivity contribution in [3.63, 3.8) is 0 Å². The molecule has 0 aromatic carbocycles. The van der Waals surface area contributed by atoms with Gasteiger partial charge in [-0.2, -0.15) is 0 Å². The monoisotopic (exact) mass is 540 g/mol.